The Bertz CT molecular complexity index is 290. The van der Waals surface area contributed by atoms with Gasteiger partial charge in [-0.25, -0.2) is 0 Å². The summed E-state index contributed by atoms with van der Waals surface area (Å²) in [6.07, 6.45) is 3.48. The van der Waals surface area contributed by atoms with Gasteiger partial charge in [0.25, 0.3) is 0 Å². The Kier molecular flexibility index (Phi) is 2.66. The monoisotopic (exact) mass is 196 g/mol. The predicted octanol–water partition coefficient (Wildman–Crippen LogP) is 2.48. The van der Waals surface area contributed by atoms with Crippen LogP contribution in [0, 0.1) is 0 Å². The molecular weight excluding hydrogens is 184 g/mol. The number of hydrogen-bond acceptors (Lipinski definition) is 3. The SMILES string of the molecule is OC(C1=CCCCO1)c1ccsc1. The fourth-order valence-corrected chi connectivity index (χ4v) is 2.04. The van der Waals surface area contributed by atoms with Gasteiger partial charge in [0.15, 0.2) is 0 Å². The van der Waals surface area contributed by atoms with Gasteiger partial charge in [-0.1, -0.05) is 0 Å². The molecule has 1 unspecified atom stereocenters. The molecule has 3 heteroatoms. The van der Waals surface area contributed by atoms with Gasteiger partial charge in [0, 0.05) is 0 Å². The Balaban J connectivity index is 2.12. The second-order valence-electron chi connectivity index (χ2n) is 3.06. The maximum absolute atomic E-state index is 9.85. The summed E-state index contributed by atoms with van der Waals surface area (Å²) >= 11 is 1.59. The summed E-state index contributed by atoms with van der Waals surface area (Å²) < 4.78 is 5.38. The third kappa shape index (κ3) is 1.92. The van der Waals surface area contributed by atoms with Crippen molar-refractivity contribution in [3.63, 3.8) is 0 Å². The van der Waals surface area contributed by atoms with Gasteiger partial charge in [0.2, 0.25) is 0 Å². The lowest BCUT2D eigenvalue weighted by atomic mass is 10.1. The average molecular weight is 196 g/mol. The van der Waals surface area contributed by atoms with Crippen LogP contribution in [0.2, 0.25) is 0 Å². The number of ether oxygens (including phenoxy) is 1. The summed E-state index contributed by atoms with van der Waals surface area (Å²) in [5.74, 6) is 0.713. The van der Waals surface area contributed by atoms with Crippen LogP contribution in [0.3, 0.4) is 0 Å². The van der Waals surface area contributed by atoms with Crippen LogP contribution in [0.15, 0.2) is 28.7 Å². The highest BCUT2D eigenvalue weighted by Gasteiger charge is 2.16. The number of hydrogen-bond donors (Lipinski definition) is 1. The standard InChI is InChI=1S/C10H12O2S/c11-10(8-4-6-13-7-8)9-3-1-2-5-12-9/h3-4,6-7,10-11H,1-2,5H2. The van der Waals surface area contributed by atoms with E-state index in [1.54, 1.807) is 11.3 Å². The highest BCUT2D eigenvalue weighted by molar-refractivity contribution is 7.07. The lowest BCUT2D eigenvalue weighted by Crippen LogP contribution is -2.08. The van der Waals surface area contributed by atoms with Crippen molar-refractivity contribution in [2.24, 2.45) is 0 Å². The summed E-state index contributed by atoms with van der Waals surface area (Å²) in [7, 11) is 0. The Hall–Kier alpha value is -0.800. The van der Waals surface area contributed by atoms with Crippen LogP contribution < -0.4 is 0 Å². The zero-order valence-electron chi connectivity index (χ0n) is 7.27. The molecule has 0 saturated heterocycles. The Morgan fingerprint density at radius 1 is 1.54 bits per heavy atom. The number of aliphatic hydroxyl groups excluding tert-OH is 1. The van der Waals surface area contributed by atoms with E-state index >= 15 is 0 Å². The minimum Gasteiger partial charge on any atom is -0.495 e. The molecule has 0 radical (unpaired) electrons. The Labute approximate surface area is 81.5 Å². The Morgan fingerprint density at radius 2 is 2.46 bits per heavy atom. The first-order chi connectivity index (χ1) is 6.38. The number of aliphatic hydroxyl groups is 1. The van der Waals surface area contributed by atoms with Crippen molar-refractivity contribution in [3.8, 4) is 0 Å². The molecule has 0 aromatic carbocycles. The predicted molar refractivity (Wildman–Crippen MR) is 52.5 cm³/mol. The van der Waals surface area contributed by atoms with Crippen LogP contribution >= 0.6 is 11.3 Å². The van der Waals surface area contributed by atoms with Crippen molar-refractivity contribution in [1.82, 2.24) is 0 Å². The molecule has 0 bridgehead atoms. The molecule has 70 valence electrons. The van der Waals surface area contributed by atoms with Gasteiger partial charge in [0.1, 0.15) is 11.9 Å². The second kappa shape index (κ2) is 3.94. The van der Waals surface area contributed by atoms with Crippen LogP contribution in [-0.2, 0) is 4.74 Å². The number of rotatable bonds is 2. The molecule has 1 aliphatic heterocycles. The molecule has 1 aromatic heterocycles. The van der Waals surface area contributed by atoms with Gasteiger partial charge in [-0.05, 0) is 41.3 Å². The van der Waals surface area contributed by atoms with E-state index < -0.39 is 6.10 Å². The summed E-state index contributed by atoms with van der Waals surface area (Å²) in [6.45, 7) is 0.729. The van der Waals surface area contributed by atoms with Crippen molar-refractivity contribution in [2.75, 3.05) is 6.61 Å². The molecular formula is C10H12O2S. The second-order valence-corrected chi connectivity index (χ2v) is 3.84. The zero-order chi connectivity index (χ0) is 9.10. The quantitative estimate of drug-likeness (QED) is 0.787. The van der Waals surface area contributed by atoms with E-state index in [1.165, 1.54) is 0 Å². The van der Waals surface area contributed by atoms with Gasteiger partial charge in [-0.15, -0.1) is 0 Å². The molecule has 2 nitrogen and oxygen atoms in total. The molecule has 1 aliphatic rings. The number of allylic oxidation sites excluding steroid dienone is 1. The lowest BCUT2D eigenvalue weighted by molar-refractivity contribution is 0.0920. The number of thiophene rings is 1. The van der Waals surface area contributed by atoms with Crippen molar-refractivity contribution < 1.29 is 9.84 Å². The topological polar surface area (TPSA) is 29.5 Å². The van der Waals surface area contributed by atoms with E-state index in [4.69, 9.17) is 4.74 Å². The van der Waals surface area contributed by atoms with E-state index in [9.17, 15) is 5.11 Å². The van der Waals surface area contributed by atoms with Gasteiger partial charge < -0.3 is 9.84 Å². The van der Waals surface area contributed by atoms with Crippen molar-refractivity contribution >= 4 is 11.3 Å². The van der Waals surface area contributed by atoms with E-state index in [2.05, 4.69) is 0 Å². The van der Waals surface area contributed by atoms with Crippen molar-refractivity contribution in [3.05, 3.63) is 34.2 Å². The van der Waals surface area contributed by atoms with Crippen LogP contribution in [0.5, 0.6) is 0 Å². The van der Waals surface area contributed by atoms with Crippen LogP contribution in [0.25, 0.3) is 0 Å². The largest absolute Gasteiger partial charge is 0.495 e. The molecule has 0 spiro atoms. The summed E-state index contributed by atoms with van der Waals surface area (Å²) in [5, 5.41) is 13.8. The highest BCUT2D eigenvalue weighted by Crippen LogP contribution is 2.26. The molecule has 0 saturated carbocycles. The summed E-state index contributed by atoms with van der Waals surface area (Å²) in [4.78, 5) is 0. The molecule has 2 heterocycles. The van der Waals surface area contributed by atoms with E-state index in [1.807, 2.05) is 22.9 Å². The maximum Gasteiger partial charge on any atom is 0.136 e. The maximum atomic E-state index is 9.85. The molecule has 0 aliphatic carbocycles. The van der Waals surface area contributed by atoms with Crippen molar-refractivity contribution in [2.45, 2.75) is 18.9 Å². The van der Waals surface area contributed by atoms with Gasteiger partial charge >= 0.3 is 0 Å². The van der Waals surface area contributed by atoms with Crippen LogP contribution in [0.1, 0.15) is 24.5 Å². The molecule has 13 heavy (non-hydrogen) atoms. The van der Waals surface area contributed by atoms with Gasteiger partial charge in [-0.2, -0.15) is 11.3 Å². The average Bonchev–Trinajstić information content (AvgIpc) is 2.71. The third-order valence-electron chi connectivity index (χ3n) is 2.09. The minimum atomic E-state index is -0.563. The molecule has 1 N–H and O–H groups in total. The molecule has 0 amide bonds. The minimum absolute atomic E-state index is 0.563. The van der Waals surface area contributed by atoms with Crippen LogP contribution in [0.4, 0.5) is 0 Å². The Morgan fingerprint density at radius 3 is 3.08 bits per heavy atom. The summed E-state index contributed by atoms with van der Waals surface area (Å²) in [6, 6.07) is 1.92. The first-order valence-electron chi connectivity index (χ1n) is 4.41. The van der Waals surface area contributed by atoms with Crippen molar-refractivity contribution in [1.29, 1.82) is 0 Å². The van der Waals surface area contributed by atoms with Crippen LogP contribution in [-0.4, -0.2) is 11.7 Å². The smallest absolute Gasteiger partial charge is 0.136 e. The first-order valence-corrected chi connectivity index (χ1v) is 5.35. The van der Waals surface area contributed by atoms with Gasteiger partial charge in [0.05, 0.1) is 6.61 Å². The normalized spacial score (nSPS) is 19.0. The third-order valence-corrected chi connectivity index (χ3v) is 2.79. The lowest BCUT2D eigenvalue weighted by Gasteiger charge is -2.18. The molecule has 1 aromatic rings. The molecule has 2 rings (SSSR count). The van der Waals surface area contributed by atoms with E-state index in [-0.39, 0.29) is 0 Å². The fourth-order valence-electron chi connectivity index (χ4n) is 1.36. The first kappa shape index (κ1) is 8.78. The highest BCUT2D eigenvalue weighted by atomic mass is 32.1. The van der Waals surface area contributed by atoms with E-state index in [0.717, 1.165) is 25.0 Å². The summed E-state index contributed by atoms with van der Waals surface area (Å²) in [5.41, 5.74) is 0.929. The zero-order valence-corrected chi connectivity index (χ0v) is 8.09. The fraction of sp³-hybridized carbons (Fsp3) is 0.400. The van der Waals surface area contributed by atoms with Gasteiger partial charge in [-0.3, -0.25) is 0 Å². The van der Waals surface area contributed by atoms with E-state index in [0.29, 0.717) is 5.76 Å². The molecule has 0 fully saturated rings. The molecule has 1 atom stereocenters.